The van der Waals surface area contributed by atoms with Crippen LogP contribution in [0.5, 0.6) is 0 Å². The van der Waals surface area contributed by atoms with Gasteiger partial charge >= 0.3 is 5.97 Å². The van der Waals surface area contributed by atoms with E-state index in [1.54, 1.807) is 0 Å². The minimum absolute atomic E-state index is 0.152. The van der Waals surface area contributed by atoms with Gasteiger partial charge in [0.1, 0.15) is 18.1 Å². The van der Waals surface area contributed by atoms with Gasteiger partial charge in [-0.2, -0.15) is 0 Å². The molecule has 1 aliphatic rings. The van der Waals surface area contributed by atoms with Crippen LogP contribution >= 0.6 is 0 Å². The van der Waals surface area contributed by atoms with Gasteiger partial charge in [-0.3, -0.25) is 28.8 Å². The van der Waals surface area contributed by atoms with Gasteiger partial charge in [0.25, 0.3) is 0 Å². The molecule has 0 saturated carbocycles. The van der Waals surface area contributed by atoms with Crippen molar-refractivity contribution in [2.75, 3.05) is 6.54 Å². The van der Waals surface area contributed by atoms with E-state index in [9.17, 15) is 28.8 Å². The minimum atomic E-state index is -1.28. The Kier molecular flexibility index (Phi) is 9.17. The number of carbonyl (C=O) groups excluding carboxylic acids is 5. The van der Waals surface area contributed by atoms with E-state index in [1.807, 2.05) is 0 Å². The number of nitrogens with zero attached hydrogens (tertiary/aromatic N) is 1. The molecule has 4 atom stereocenters. The van der Waals surface area contributed by atoms with E-state index in [-0.39, 0.29) is 25.8 Å². The third kappa shape index (κ3) is 7.31. The summed E-state index contributed by atoms with van der Waals surface area (Å²) >= 11 is 0. The lowest BCUT2D eigenvalue weighted by atomic mass is 10.1. The summed E-state index contributed by atoms with van der Waals surface area (Å²) in [6, 6.07) is -4.58. The molecule has 168 valence electrons. The zero-order chi connectivity index (χ0) is 23.0. The minimum Gasteiger partial charge on any atom is -0.480 e. The average Bonchev–Trinajstić information content (AvgIpc) is 3.13. The van der Waals surface area contributed by atoms with Crippen LogP contribution in [-0.4, -0.2) is 76.2 Å². The molecule has 0 unspecified atom stereocenters. The molecule has 1 aliphatic heterocycles. The van der Waals surface area contributed by atoms with E-state index in [1.165, 1.54) is 11.8 Å². The first-order chi connectivity index (χ1) is 13.9. The lowest BCUT2D eigenvalue weighted by Gasteiger charge is -2.28. The molecule has 30 heavy (non-hydrogen) atoms. The van der Waals surface area contributed by atoms with E-state index < -0.39 is 59.7 Å². The van der Waals surface area contributed by atoms with Crippen LogP contribution in [0.25, 0.3) is 0 Å². The highest BCUT2D eigenvalue weighted by molar-refractivity contribution is 5.95. The lowest BCUT2D eigenvalue weighted by Crippen LogP contribution is -2.56. The van der Waals surface area contributed by atoms with Crippen LogP contribution < -0.4 is 27.8 Å². The number of likely N-dealkylation sites (tertiary alicyclic amines) is 1. The molecule has 1 rings (SSSR count). The highest BCUT2D eigenvalue weighted by atomic mass is 16.4. The monoisotopic (exact) mass is 428 g/mol. The summed E-state index contributed by atoms with van der Waals surface area (Å²) < 4.78 is 0. The number of hydrogen-bond acceptors (Lipinski definition) is 7. The van der Waals surface area contributed by atoms with Crippen molar-refractivity contribution < 1.29 is 33.9 Å². The van der Waals surface area contributed by atoms with Gasteiger partial charge in [0.05, 0.1) is 12.5 Å². The van der Waals surface area contributed by atoms with Gasteiger partial charge in [0, 0.05) is 13.0 Å². The Hall–Kier alpha value is -3.22. The van der Waals surface area contributed by atoms with Crippen molar-refractivity contribution in [1.82, 2.24) is 15.5 Å². The number of carboxylic acid groups (broad SMARTS) is 1. The van der Waals surface area contributed by atoms with Crippen molar-refractivity contribution >= 4 is 35.5 Å². The first-order valence-electron chi connectivity index (χ1n) is 9.40. The molecule has 13 heteroatoms. The summed E-state index contributed by atoms with van der Waals surface area (Å²) in [5, 5.41) is 13.6. The Morgan fingerprint density at radius 1 is 1.10 bits per heavy atom. The average molecular weight is 428 g/mol. The summed E-state index contributed by atoms with van der Waals surface area (Å²) in [5.74, 6) is -4.83. The van der Waals surface area contributed by atoms with Crippen LogP contribution in [0.4, 0.5) is 0 Å². The number of hydrogen-bond donors (Lipinski definition) is 6. The fraction of sp³-hybridized carbons (Fsp3) is 0.647. The van der Waals surface area contributed by atoms with E-state index in [4.69, 9.17) is 22.3 Å². The maximum atomic E-state index is 12.7. The summed E-state index contributed by atoms with van der Waals surface area (Å²) in [6.45, 7) is 1.47. The summed E-state index contributed by atoms with van der Waals surface area (Å²) in [5.41, 5.74) is 15.8. The Labute approximate surface area is 172 Å². The molecule has 13 nitrogen and oxygen atoms in total. The molecule has 1 saturated heterocycles. The largest absolute Gasteiger partial charge is 0.480 e. The molecule has 9 N–H and O–H groups in total. The topological polar surface area (TPSA) is 228 Å². The lowest BCUT2D eigenvalue weighted by molar-refractivity contribution is -0.143. The number of nitrogens with two attached hydrogens (primary N) is 3. The third-order valence-corrected chi connectivity index (χ3v) is 4.62. The molecule has 0 aromatic carbocycles. The molecule has 0 aliphatic carbocycles. The zero-order valence-corrected chi connectivity index (χ0v) is 16.6. The predicted octanol–water partition coefficient (Wildman–Crippen LogP) is -3.48. The van der Waals surface area contributed by atoms with Gasteiger partial charge in [-0.25, -0.2) is 0 Å². The second-order valence-corrected chi connectivity index (χ2v) is 7.10. The smallest absolute Gasteiger partial charge is 0.325 e. The van der Waals surface area contributed by atoms with Gasteiger partial charge in [0.2, 0.25) is 29.5 Å². The number of aliphatic carboxylic acids is 1. The molecule has 1 heterocycles. The molecule has 0 aromatic rings. The van der Waals surface area contributed by atoms with Crippen molar-refractivity contribution in [3.8, 4) is 0 Å². The molecular formula is C17H28N6O7. The number of carbonyl (C=O) groups is 6. The molecule has 0 spiro atoms. The van der Waals surface area contributed by atoms with Crippen molar-refractivity contribution in [1.29, 1.82) is 0 Å². The van der Waals surface area contributed by atoms with Crippen LogP contribution in [0.1, 0.15) is 39.0 Å². The fourth-order valence-electron chi connectivity index (χ4n) is 3.02. The molecular weight excluding hydrogens is 400 g/mol. The number of nitrogens with one attached hydrogen (secondary N) is 2. The SMILES string of the molecule is C[C@H](NC(=O)[C@H](CCC(N)=O)NC(=O)[C@@H]1CCCN1C(=O)[C@@H](N)CC(N)=O)C(=O)O. The van der Waals surface area contributed by atoms with Gasteiger partial charge in [0.15, 0.2) is 0 Å². The summed E-state index contributed by atoms with van der Waals surface area (Å²) in [6.07, 6.45) is 0.0516. The predicted molar refractivity (Wildman–Crippen MR) is 102 cm³/mol. The number of amides is 5. The second kappa shape index (κ2) is 11.1. The van der Waals surface area contributed by atoms with Crippen molar-refractivity contribution in [2.24, 2.45) is 17.2 Å². The first-order valence-corrected chi connectivity index (χ1v) is 9.40. The second-order valence-electron chi connectivity index (χ2n) is 7.10. The standard InChI is InChI=1S/C17H28N6O7/c1-8(17(29)30)21-14(26)10(4-5-12(19)24)22-15(27)11-3-2-6-23(11)16(28)9(18)7-13(20)25/h8-11H,2-7,18H2,1H3,(H2,19,24)(H2,20,25)(H,21,26)(H,22,27)(H,29,30)/t8-,9-,10-,11-/m0/s1. The Bertz CT molecular complexity index is 713. The molecule has 0 radical (unpaired) electrons. The van der Waals surface area contributed by atoms with E-state index in [0.29, 0.717) is 12.8 Å². The normalized spacial score (nSPS) is 18.7. The Morgan fingerprint density at radius 2 is 1.73 bits per heavy atom. The van der Waals surface area contributed by atoms with Crippen LogP contribution in [0, 0.1) is 0 Å². The van der Waals surface area contributed by atoms with Crippen molar-refractivity contribution in [2.45, 2.75) is 63.2 Å². The highest BCUT2D eigenvalue weighted by Crippen LogP contribution is 2.19. The van der Waals surface area contributed by atoms with E-state index >= 15 is 0 Å². The Balaban J connectivity index is 2.88. The van der Waals surface area contributed by atoms with Gasteiger partial charge in [-0.1, -0.05) is 0 Å². The summed E-state index contributed by atoms with van der Waals surface area (Å²) in [4.78, 5) is 71.8. The van der Waals surface area contributed by atoms with Gasteiger partial charge < -0.3 is 37.8 Å². The van der Waals surface area contributed by atoms with Crippen LogP contribution in [0.2, 0.25) is 0 Å². The maximum absolute atomic E-state index is 12.7. The maximum Gasteiger partial charge on any atom is 0.325 e. The molecule has 1 fully saturated rings. The molecule has 0 aromatic heterocycles. The van der Waals surface area contributed by atoms with E-state index in [0.717, 1.165) is 0 Å². The van der Waals surface area contributed by atoms with E-state index in [2.05, 4.69) is 10.6 Å². The van der Waals surface area contributed by atoms with Crippen LogP contribution in [-0.2, 0) is 28.8 Å². The zero-order valence-electron chi connectivity index (χ0n) is 16.6. The first kappa shape index (κ1) is 24.8. The van der Waals surface area contributed by atoms with Gasteiger partial charge in [-0.15, -0.1) is 0 Å². The summed E-state index contributed by atoms with van der Waals surface area (Å²) in [7, 11) is 0. The fourth-order valence-corrected chi connectivity index (χ4v) is 3.02. The Morgan fingerprint density at radius 3 is 2.27 bits per heavy atom. The number of rotatable bonds is 11. The van der Waals surface area contributed by atoms with Crippen LogP contribution in [0.3, 0.4) is 0 Å². The number of primary amides is 2. The quantitative estimate of drug-likeness (QED) is 0.193. The molecule has 5 amide bonds. The van der Waals surface area contributed by atoms with Crippen LogP contribution in [0.15, 0.2) is 0 Å². The highest BCUT2D eigenvalue weighted by Gasteiger charge is 2.38. The van der Waals surface area contributed by atoms with Gasteiger partial charge in [-0.05, 0) is 26.2 Å². The van der Waals surface area contributed by atoms with Crippen molar-refractivity contribution in [3.63, 3.8) is 0 Å². The molecule has 0 bridgehead atoms. The van der Waals surface area contributed by atoms with Crippen molar-refractivity contribution in [3.05, 3.63) is 0 Å². The third-order valence-electron chi connectivity index (χ3n) is 4.62. The number of carboxylic acids is 1.